The summed E-state index contributed by atoms with van der Waals surface area (Å²) in [7, 11) is 0. The van der Waals surface area contributed by atoms with Crippen LogP contribution in [-0.4, -0.2) is 24.8 Å². The number of halogens is 1. The van der Waals surface area contributed by atoms with Gasteiger partial charge < -0.3 is 10.0 Å². The number of anilines is 1. The van der Waals surface area contributed by atoms with E-state index in [-0.39, 0.29) is 6.61 Å². The molecule has 0 saturated carbocycles. The summed E-state index contributed by atoms with van der Waals surface area (Å²) in [4.78, 5) is 2.17. The van der Waals surface area contributed by atoms with Gasteiger partial charge in [-0.05, 0) is 25.5 Å². The van der Waals surface area contributed by atoms with Gasteiger partial charge in [-0.2, -0.15) is 0 Å². The monoisotopic (exact) mass is 213 g/mol. The van der Waals surface area contributed by atoms with Crippen molar-refractivity contribution in [1.29, 1.82) is 0 Å². The van der Waals surface area contributed by atoms with E-state index in [0.29, 0.717) is 0 Å². The van der Waals surface area contributed by atoms with Crippen LogP contribution in [-0.2, 0) is 0 Å². The molecular weight excluding hydrogens is 198 g/mol. The minimum Gasteiger partial charge on any atom is -0.396 e. The van der Waals surface area contributed by atoms with Crippen molar-refractivity contribution in [3.8, 4) is 0 Å². The highest BCUT2D eigenvalue weighted by Gasteiger charge is 2.06. The first kappa shape index (κ1) is 11.3. The molecule has 0 fully saturated rings. The van der Waals surface area contributed by atoms with E-state index in [0.717, 1.165) is 30.2 Å². The molecule has 0 saturated heterocycles. The molecule has 0 aromatic heterocycles. The van der Waals surface area contributed by atoms with Crippen LogP contribution >= 0.6 is 11.6 Å². The molecule has 1 N–H and O–H groups in total. The van der Waals surface area contributed by atoms with E-state index in [2.05, 4.69) is 11.8 Å². The van der Waals surface area contributed by atoms with E-state index < -0.39 is 0 Å². The third kappa shape index (κ3) is 2.89. The average Bonchev–Trinajstić information content (AvgIpc) is 2.21. The summed E-state index contributed by atoms with van der Waals surface area (Å²) in [6.45, 7) is 4.06. The lowest BCUT2D eigenvalue weighted by atomic mass is 10.2. The molecule has 0 radical (unpaired) electrons. The topological polar surface area (TPSA) is 23.5 Å². The number of nitrogens with zero attached hydrogens (tertiary/aromatic N) is 1. The Labute approximate surface area is 90.1 Å². The minimum atomic E-state index is 0.223. The molecular formula is C11H16ClNO. The van der Waals surface area contributed by atoms with E-state index in [1.165, 1.54) is 0 Å². The summed E-state index contributed by atoms with van der Waals surface area (Å²) < 4.78 is 0. The van der Waals surface area contributed by atoms with Crippen LogP contribution in [0.15, 0.2) is 24.3 Å². The zero-order valence-corrected chi connectivity index (χ0v) is 9.17. The van der Waals surface area contributed by atoms with Crippen molar-refractivity contribution in [3.05, 3.63) is 29.3 Å². The number of benzene rings is 1. The van der Waals surface area contributed by atoms with E-state index in [1.807, 2.05) is 24.3 Å². The Morgan fingerprint density at radius 3 is 2.64 bits per heavy atom. The lowest BCUT2D eigenvalue weighted by Crippen LogP contribution is -2.24. The Bertz CT molecular complexity index is 278. The highest BCUT2D eigenvalue weighted by molar-refractivity contribution is 6.33. The maximum absolute atomic E-state index is 8.77. The first-order chi connectivity index (χ1) is 6.79. The molecule has 1 rings (SSSR count). The predicted octanol–water partition coefficient (Wildman–Crippen LogP) is 2.55. The Hall–Kier alpha value is -0.730. The summed E-state index contributed by atoms with van der Waals surface area (Å²) in [5.74, 6) is 0. The molecule has 0 bridgehead atoms. The molecule has 78 valence electrons. The molecule has 0 unspecified atom stereocenters. The van der Waals surface area contributed by atoms with Gasteiger partial charge in [0.15, 0.2) is 0 Å². The Balaban J connectivity index is 2.73. The summed E-state index contributed by atoms with van der Waals surface area (Å²) >= 11 is 6.07. The van der Waals surface area contributed by atoms with Crippen molar-refractivity contribution in [2.45, 2.75) is 13.3 Å². The van der Waals surface area contributed by atoms with E-state index in [9.17, 15) is 0 Å². The standard InChI is InChI=1S/C11H16ClNO/c1-2-13(8-5-9-14)11-7-4-3-6-10(11)12/h3-4,6-7,14H,2,5,8-9H2,1H3. The van der Waals surface area contributed by atoms with Gasteiger partial charge in [0.05, 0.1) is 10.7 Å². The van der Waals surface area contributed by atoms with Crippen LogP contribution < -0.4 is 4.90 Å². The molecule has 0 heterocycles. The summed E-state index contributed by atoms with van der Waals surface area (Å²) in [6, 6.07) is 7.79. The number of aliphatic hydroxyl groups is 1. The van der Waals surface area contributed by atoms with Gasteiger partial charge in [0.2, 0.25) is 0 Å². The Morgan fingerprint density at radius 2 is 2.07 bits per heavy atom. The number of rotatable bonds is 5. The number of hydrogen-bond acceptors (Lipinski definition) is 2. The molecule has 1 aromatic rings. The summed E-state index contributed by atoms with van der Waals surface area (Å²) in [5.41, 5.74) is 1.05. The van der Waals surface area contributed by atoms with Gasteiger partial charge in [-0.3, -0.25) is 0 Å². The molecule has 3 heteroatoms. The fourth-order valence-corrected chi connectivity index (χ4v) is 1.67. The van der Waals surface area contributed by atoms with Gasteiger partial charge in [0, 0.05) is 19.7 Å². The zero-order chi connectivity index (χ0) is 10.4. The maximum Gasteiger partial charge on any atom is 0.0639 e. The molecule has 0 aliphatic heterocycles. The number of hydrogen-bond donors (Lipinski definition) is 1. The smallest absolute Gasteiger partial charge is 0.0639 e. The van der Waals surface area contributed by atoms with Gasteiger partial charge in [-0.15, -0.1) is 0 Å². The molecule has 0 aliphatic carbocycles. The normalized spacial score (nSPS) is 10.2. The minimum absolute atomic E-state index is 0.223. The number of para-hydroxylation sites is 1. The van der Waals surface area contributed by atoms with Gasteiger partial charge >= 0.3 is 0 Å². The van der Waals surface area contributed by atoms with Crippen LogP contribution in [0.5, 0.6) is 0 Å². The molecule has 1 aromatic carbocycles. The second-order valence-corrected chi connectivity index (χ2v) is 3.52. The quantitative estimate of drug-likeness (QED) is 0.813. The molecule has 0 atom stereocenters. The van der Waals surface area contributed by atoms with Gasteiger partial charge in [-0.25, -0.2) is 0 Å². The van der Waals surface area contributed by atoms with Gasteiger partial charge in [0.25, 0.3) is 0 Å². The fourth-order valence-electron chi connectivity index (χ4n) is 1.42. The third-order valence-electron chi connectivity index (χ3n) is 2.16. The lowest BCUT2D eigenvalue weighted by Gasteiger charge is -2.23. The van der Waals surface area contributed by atoms with Crippen molar-refractivity contribution in [2.24, 2.45) is 0 Å². The van der Waals surface area contributed by atoms with Crippen molar-refractivity contribution in [3.63, 3.8) is 0 Å². The van der Waals surface area contributed by atoms with Crippen LogP contribution in [0.4, 0.5) is 5.69 Å². The SMILES string of the molecule is CCN(CCCO)c1ccccc1Cl. The maximum atomic E-state index is 8.77. The van der Waals surface area contributed by atoms with Crippen LogP contribution in [0.25, 0.3) is 0 Å². The molecule has 0 spiro atoms. The van der Waals surface area contributed by atoms with Crippen LogP contribution in [0.2, 0.25) is 5.02 Å². The van der Waals surface area contributed by atoms with Crippen LogP contribution in [0.1, 0.15) is 13.3 Å². The second kappa shape index (κ2) is 5.89. The summed E-state index contributed by atoms with van der Waals surface area (Å²) in [6.07, 6.45) is 0.777. The highest BCUT2D eigenvalue weighted by atomic mass is 35.5. The van der Waals surface area contributed by atoms with Crippen LogP contribution in [0, 0.1) is 0 Å². The predicted molar refractivity (Wildman–Crippen MR) is 61.0 cm³/mol. The van der Waals surface area contributed by atoms with Crippen molar-refractivity contribution in [1.82, 2.24) is 0 Å². The van der Waals surface area contributed by atoms with Crippen LogP contribution in [0.3, 0.4) is 0 Å². The molecule has 2 nitrogen and oxygen atoms in total. The molecule has 14 heavy (non-hydrogen) atoms. The largest absolute Gasteiger partial charge is 0.396 e. The summed E-state index contributed by atoms with van der Waals surface area (Å²) in [5, 5.41) is 9.54. The fraction of sp³-hybridized carbons (Fsp3) is 0.455. The Kier molecular flexibility index (Phi) is 4.77. The Morgan fingerprint density at radius 1 is 1.36 bits per heavy atom. The molecule has 0 amide bonds. The van der Waals surface area contributed by atoms with Crippen molar-refractivity contribution >= 4 is 17.3 Å². The average molecular weight is 214 g/mol. The third-order valence-corrected chi connectivity index (χ3v) is 2.48. The van der Waals surface area contributed by atoms with E-state index >= 15 is 0 Å². The second-order valence-electron chi connectivity index (χ2n) is 3.11. The first-order valence-corrected chi connectivity index (χ1v) is 5.27. The highest BCUT2D eigenvalue weighted by Crippen LogP contribution is 2.24. The van der Waals surface area contributed by atoms with Gasteiger partial charge in [-0.1, -0.05) is 23.7 Å². The van der Waals surface area contributed by atoms with Crippen molar-refractivity contribution < 1.29 is 5.11 Å². The van der Waals surface area contributed by atoms with Gasteiger partial charge in [0.1, 0.15) is 0 Å². The first-order valence-electron chi connectivity index (χ1n) is 4.90. The molecule has 0 aliphatic rings. The van der Waals surface area contributed by atoms with E-state index in [4.69, 9.17) is 16.7 Å². The number of aliphatic hydroxyl groups excluding tert-OH is 1. The van der Waals surface area contributed by atoms with Crippen molar-refractivity contribution in [2.75, 3.05) is 24.6 Å². The lowest BCUT2D eigenvalue weighted by molar-refractivity contribution is 0.289. The van der Waals surface area contributed by atoms with E-state index in [1.54, 1.807) is 0 Å². The zero-order valence-electron chi connectivity index (χ0n) is 8.41.